The number of methoxy groups -OCH3 is 1. The number of piperazine rings is 1. The highest BCUT2D eigenvalue weighted by Crippen LogP contribution is 2.24. The molecule has 28 heavy (non-hydrogen) atoms. The first kappa shape index (κ1) is 18.5. The molecule has 2 aromatic carbocycles. The van der Waals surface area contributed by atoms with E-state index < -0.39 is 0 Å². The molecule has 1 fully saturated rings. The summed E-state index contributed by atoms with van der Waals surface area (Å²) in [6.07, 6.45) is 3.23. The summed E-state index contributed by atoms with van der Waals surface area (Å²) in [7, 11) is 1.66. The van der Waals surface area contributed by atoms with Gasteiger partial charge in [0.2, 0.25) is 0 Å². The lowest BCUT2D eigenvalue weighted by atomic mass is 10.1. The van der Waals surface area contributed by atoms with Crippen molar-refractivity contribution < 1.29 is 9.53 Å². The summed E-state index contributed by atoms with van der Waals surface area (Å²) >= 11 is 3.51. The molecule has 0 saturated carbocycles. The number of hydrogen-bond acceptors (Lipinski definition) is 5. The number of hydrogen-bond donors (Lipinski definition) is 0. The zero-order valence-corrected chi connectivity index (χ0v) is 17.0. The lowest BCUT2D eigenvalue weighted by Crippen LogP contribution is -2.48. The van der Waals surface area contributed by atoms with E-state index in [4.69, 9.17) is 4.74 Å². The monoisotopic (exact) mass is 441 g/mol. The average molecular weight is 442 g/mol. The molecule has 1 saturated heterocycles. The van der Waals surface area contributed by atoms with Gasteiger partial charge in [0.1, 0.15) is 18.4 Å². The van der Waals surface area contributed by atoms with Gasteiger partial charge in [-0.3, -0.25) is 9.36 Å². The first-order valence-electron chi connectivity index (χ1n) is 8.98. The topological polar surface area (TPSA) is 63.5 Å². The number of amides is 1. The van der Waals surface area contributed by atoms with Gasteiger partial charge in [0.25, 0.3) is 5.91 Å². The van der Waals surface area contributed by atoms with Gasteiger partial charge in [-0.25, -0.2) is 0 Å². The van der Waals surface area contributed by atoms with Crippen molar-refractivity contribution >= 4 is 27.5 Å². The number of halogens is 1. The predicted octanol–water partition coefficient (Wildman–Crippen LogP) is 3.00. The van der Waals surface area contributed by atoms with Crippen LogP contribution < -0.4 is 9.64 Å². The average Bonchev–Trinajstić information content (AvgIpc) is 3.29. The van der Waals surface area contributed by atoms with E-state index in [1.807, 2.05) is 35.2 Å². The Morgan fingerprint density at radius 2 is 1.61 bits per heavy atom. The quantitative estimate of drug-likeness (QED) is 0.622. The van der Waals surface area contributed by atoms with Crippen LogP contribution in [0.2, 0.25) is 0 Å². The number of nitrogens with zero attached hydrogens (tertiary/aromatic N) is 5. The van der Waals surface area contributed by atoms with Crippen molar-refractivity contribution in [2.24, 2.45) is 0 Å². The van der Waals surface area contributed by atoms with Crippen LogP contribution in [0.25, 0.3) is 5.69 Å². The summed E-state index contributed by atoms with van der Waals surface area (Å²) in [5.41, 5.74) is 2.64. The third-order valence-electron chi connectivity index (χ3n) is 4.90. The third-order valence-corrected chi connectivity index (χ3v) is 5.59. The van der Waals surface area contributed by atoms with Crippen LogP contribution in [0.5, 0.6) is 5.75 Å². The molecule has 0 radical (unpaired) electrons. The van der Waals surface area contributed by atoms with Crippen LogP contribution in [0.3, 0.4) is 0 Å². The molecule has 1 aromatic heterocycles. The highest BCUT2D eigenvalue weighted by molar-refractivity contribution is 9.10. The zero-order chi connectivity index (χ0) is 19.5. The molecule has 0 unspecified atom stereocenters. The van der Waals surface area contributed by atoms with Gasteiger partial charge < -0.3 is 14.5 Å². The molecule has 4 rings (SSSR count). The van der Waals surface area contributed by atoms with Gasteiger partial charge in [0, 0.05) is 42.0 Å². The van der Waals surface area contributed by atoms with Crippen LogP contribution in [0.1, 0.15) is 10.4 Å². The van der Waals surface area contributed by atoms with Gasteiger partial charge in [-0.05, 0) is 58.4 Å². The number of rotatable bonds is 4. The Kier molecular flexibility index (Phi) is 5.29. The fraction of sp³-hybridized carbons (Fsp3) is 0.250. The highest BCUT2D eigenvalue weighted by Gasteiger charge is 2.24. The van der Waals surface area contributed by atoms with Crippen LogP contribution in [0, 0.1) is 0 Å². The second-order valence-electron chi connectivity index (χ2n) is 6.51. The molecule has 2 heterocycles. The Bertz CT molecular complexity index is 951. The standard InChI is InChI=1S/C20H20BrN5O2/c1-28-17-5-2-15(3-6-17)24-8-10-25(11-9-24)20(27)18-12-16(4-7-19(18)21)26-13-22-23-14-26/h2-7,12-14H,8-11H2,1H3. The van der Waals surface area contributed by atoms with Gasteiger partial charge in [-0.2, -0.15) is 0 Å². The first-order chi connectivity index (χ1) is 13.7. The molecule has 1 aliphatic rings. The van der Waals surface area contributed by atoms with Crippen molar-refractivity contribution in [3.8, 4) is 11.4 Å². The number of carbonyl (C=O) groups is 1. The number of benzene rings is 2. The fourth-order valence-corrected chi connectivity index (χ4v) is 3.72. The number of aromatic nitrogens is 3. The lowest BCUT2D eigenvalue weighted by molar-refractivity contribution is 0.0746. The molecular weight excluding hydrogens is 422 g/mol. The fourth-order valence-electron chi connectivity index (χ4n) is 3.30. The smallest absolute Gasteiger partial charge is 0.255 e. The van der Waals surface area contributed by atoms with Gasteiger partial charge in [-0.15, -0.1) is 10.2 Å². The van der Waals surface area contributed by atoms with Gasteiger partial charge in [0.15, 0.2) is 0 Å². The van der Waals surface area contributed by atoms with Crippen LogP contribution in [-0.4, -0.2) is 58.9 Å². The van der Waals surface area contributed by atoms with Gasteiger partial charge in [0.05, 0.1) is 12.7 Å². The summed E-state index contributed by atoms with van der Waals surface area (Å²) in [5, 5.41) is 7.65. The number of anilines is 1. The van der Waals surface area contributed by atoms with E-state index in [1.165, 1.54) is 0 Å². The summed E-state index contributed by atoms with van der Waals surface area (Å²) in [5.74, 6) is 0.867. The molecule has 7 nitrogen and oxygen atoms in total. The minimum Gasteiger partial charge on any atom is -0.497 e. The van der Waals surface area contributed by atoms with Crippen molar-refractivity contribution in [1.82, 2.24) is 19.7 Å². The zero-order valence-electron chi connectivity index (χ0n) is 15.5. The molecular formula is C20H20BrN5O2. The van der Waals surface area contributed by atoms with Crippen LogP contribution in [0.15, 0.2) is 59.6 Å². The van der Waals surface area contributed by atoms with E-state index in [9.17, 15) is 4.79 Å². The Morgan fingerprint density at radius 1 is 0.964 bits per heavy atom. The van der Waals surface area contributed by atoms with E-state index in [0.29, 0.717) is 18.7 Å². The van der Waals surface area contributed by atoms with Crippen molar-refractivity contribution in [3.05, 3.63) is 65.2 Å². The van der Waals surface area contributed by atoms with E-state index in [0.717, 1.165) is 34.7 Å². The normalized spacial score (nSPS) is 14.2. The van der Waals surface area contributed by atoms with E-state index >= 15 is 0 Å². The first-order valence-corrected chi connectivity index (χ1v) is 9.78. The number of ether oxygens (including phenoxy) is 1. The molecule has 144 valence electrons. The largest absolute Gasteiger partial charge is 0.497 e. The molecule has 0 atom stereocenters. The SMILES string of the molecule is COc1ccc(N2CCN(C(=O)c3cc(-n4cnnc4)ccc3Br)CC2)cc1. The molecule has 0 aliphatic carbocycles. The van der Waals surface area contributed by atoms with Crippen LogP contribution in [0.4, 0.5) is 5.69 Å². The maximum absolute atomic E-state index is 13.1. The third kappa shape index (κ3) is 3.73. The van der Waals surface area contributed by atoms with E-state index in [1.54, 1.807) is 24.3 Å². The molecule has 3 aromatic rings. The molecule has 8 heteroatoms. The molecule has 0 bridgehead atoms. The summed E-state index contributed by atoms with van der Waals surface area (Å²) in [6.45, 7) is 2.93. The van der Waals surface area contributed by atoms with E-state index in [-0.39, 0.29) is 5.91 Å². The van der Waals surface area contributed by atoms with Gasteiger partial charge in [-0.1, -0.05) is 0 Å². The molecule has 1 aliphatic heterocycles. The minimum atomic E-state index is 0.0242. The minimum absolute atomic E-state index is 0.0242. The van der Waals surface area contributed by atoms with Crippen molar-refractivity contribution in [3.63, 3.8) is 0 Å². The number of carbonyl (C=O) groups excluding carboxylic acids is 1. The van der Waals surface area contributed by atoms with E-state index in [2.05, 4.69) is 43.2 Å². The second kappa shape index (κ2) is 8.02. The maximum atomic E-state index is 13.1. The Balaban J connectivity index is 1.46. The highest BCUT2D eigenvalue weighted by atomic mass is 79.9. The Labute approximate surface area is 171 Å². The van der Waals surface area contributed by atoms with Crippen LogP contribution in [-0.2, 0) is 0 Å². The Morgan fingerprint density at radius 3 is 2.25 bits per heavy atom. The predicted molar refractivity (Wildman–Crippen MR) is 110 cm³/mol. The Hall–Kier alpha value is -2.87. The molecule has 0 N–H and O–H groups in total. The van der Waals surface area contributed by atoms with Crippen molar-refractivity contribution in [1.29, 1.82) is 0 Å². The van der Waals surface area contributed by atoms with Gasteiger partial charge >= 0.3 is 0 Å². The summed E-state index contributed by atoms with van der Waals surface area (Å²) < 4.78 is 7.78. The van der Waals surface area contributed by atoms with Crippen molar-refractivity contribution in [2.75, 3.05) is 38.2 Å². The molecule has 1 amide bonds. The lowest BCUT2D eigenvalue weighted by Gasteiger charge is -2.36. The molecule has 0 spiro atoms. The summed E-state index contributed by atoms with van der Waals surface area (Å²) in [6, 6.07) is 13.7. The summed E-state index contributed by atoms with van der Waals surface area (Å²) in [4.78, 5) is 17.3. The maximum Gasteiger partial charge on any atom is 0.255 e. The van der Waals surface area contributed by atoms with Crippen LogP contribution >= 0.6 is 15.9 Å². The second-order valence-corrected chi connectivity index (χ2v) is 7.36. The van der Waals surface area contributed by atoms with Crippen molar-refractivity contribution in [2.45, 2.75) is 0 Å².